The van der Waals surface area contributed by atoms with E-state index in [1.807, 2.05) is 24.3 Å². The summed E-state index contributed by atoms with van der Waals surface area (Å²) in [6, 6.07) is 7.70. The first kappa shape index (κ1) is 13.9. The molecule has 0 spiro atoms. The number of hydrogen-bond donors (Lipinski definition) is 1. The van der Waals surface area contributed by atoms with Gasteiger partial charge in [0.1, 0.15) is 0 Å². The third-order valence-corrected chi connectivity index (χ3v) is 4.38. The Balaban J connectivity index is 1.70. The van der Waals surface area contributed by atoms with Crippen LogP contribution >= 0.6 is 11.8 Å². The maximum atomic E-state index is 11.5. The molecule has 2 heterocycles. The van der Waals surface area contributed by atoms with Crippen molar-refractivity contribution in [1.82, 2.24) is 19.8 Å². The molecule has 110 valence electrons. The Kier molecular flexibility index (Phi) is 3.83. The van der Waals surface area contributed by atoms with Gasteiger partial charge in [-0.2, -0.15) is 0 Å². The molecule has 7 heteroatoms. The molecule has 0 radical (unpaired) electrons. The third kappa shape index (κ3) is 2.61. The average molecular weight is 304 g/mol. The number of nitrogens with one attached hydrogen (secondary N) is 1. The van der Waals surface area contributed by atoms with E-state index < -0.39 is 0 Å². The zero-order valence-electron chi connectivity index (χ0n) is 11.7. The first-order chi connectivity index (χ1) is 10.2. The summed E-state index contributed by atoms with van der Waals surface area (Å²) in [5.41, 5.74) is 2.08. The summed E-state index contributed by atoms with van der Waals surface area (Å²) in [5, 5.41) is 3.44. The highest BCUT2D eigenvalue weighted by Crippen LogP contribution is 2.24. The first-order valence-corrected chi connectivity index (χ1v) is 7.85. The Bertz CT molecular complexity index is 681. The van der Waals surface area contributed by atoms with Crippen LogP contribution in [0.4, 0.5) is 4.79 Å². The smallest absolute Gasteiger partial charge is 0.324 e. The number of aryl methyl sites for hydroxylation is 1. The molecule has 6 nitrogen and oxygen atoms in total. The Morgan fingerprint density at radius 2 is 2.14 bits per heavy atom. The molecule has 1 aromatic heterocycles. The predicted octanol–water partition coefficient (Wildman–Crippen LogP) is 1.70. The van der Waals surface area contributed by atoms with Gasteiger partial charge in [0.15, 0.2) is 5.16 Å². The minimum Gasteiger partial charge on any atom is -0.329 e. The van der Waals surface area contributed by atoms with Gasteiger partial charge >= 0.3 is 6.03 Å². The van der Waals surface area contributed by atoms with Gasteiger partial charge in [-0.05, 0) is 19.1 Å². The minimum atomic E-state index is -0.301. The second kappa shape index (κ2) is 5.77. The van der Waals surface area contributed by atoms with Crippen LogP contribution in [0.3, 0.4) is 0 Å². The van der Waals surface area contributed by atoms with Gasteiger partial charge in [-0.15, -0.1) is 0 Å². The van der Waals surface area contributed by atoms with Crippen molar-refractivity contribution in [3.8, 4) is 0 Å². The molecule has 21 heavy (non-hydrogen) atoms. The van der Waals surface area contributed by atoms with E-state index in [-0.39, 0.29) is 18.5 Å². The number of imidazole rings is 1. The monoisotopic (exact) mass is 304 g/mol. The first-order valence-electron chi connectivity index (χ1n) is 6.87. The van der Waals surface area contributed by atoms with E-state index in [2.05, 4.69) is 21.8 Å². The highest BCUT2D eigenvalue weighted by atomic mass is 32.2. The van der Waals surface area contributed by atoms with Gasteiger partial charge < -0.3 is 9.88 Å². The molecule has 1 saturated heterocycles. The molecular formula is C14H16N4O2S. The fourth-order valence-corrected chi connectivity index (χ4v) is 3.38. The standard InChI is InChI=1S/C14H16N4O2S/c1-2-17-11-6-4-3-5-10(11)16-14(17)21-8-7-18-12(19)9-15-13(18)20/h3-6H,2,7-9H2,1H3,(H,15,20). The predicted molar refractivity (Wildman–Crippen MR) is 81.2 cm³/mol. The molecule has 0 saturated carbocycles. The number of rotatable bonds is 5. The molecule has 0 atom stereocenters. The summed E-state index contributed by atoms with van der Waals surface area (Å²) >= 11 is 1.57. The van der Waals surface area contributed by atoms with E-state index in [9.17, 15) is 9.59 Å². The molecular weight excluding hydrogens is 288 g/mol. The highest BCUT2D eigenvalue weighted by Gasteiger charge is 2.27. The summed E-state index contributed by atoms with van der Waals surface area (Å²) in [4.78, 5) is 28.8. The van der Waals surface area contributed by atoms with Crippen molar-refractivity contribution in [1.29, 1.82) is 0 Å². The van der Waals surface area contributed by atoms with E-state index in [0.29, 0.717) is 12.3 Å². The maximum absolute atomic E-state index is 11.5. The lowest BCUT2D eigenvalue weighted by molar-refractivity contribution is -0.124. The SMILES string of the molecule is CCn1c(SCCN2C(=O)CNC2=O)nc2ccccc21. The lowest BCUT2D eigenvalue weighted by Crippen LogP contribution is -2.32. The zero-order valence-corrected chi connectivity index (χ0v) is 12.5. The van der Waals surface area contributed by atoms with Gasteiger partial charge in [0.25, 0.3) is 0 Å². The van der Waals surface area contributed by atoms with Crippen molar-refractivity contribution in [2.24, 2.45) is 0 Å². The van der Waals surface area contributed by atoms with Crippen LogP contribution < -0.4 is 5.32 Å². The van der Waals surface area contributed by atoms with E-state index in [0.717, 1.165) is 22.7 Å². The van der Waals surface area contributed by atoms with Crippen molar-refractivity contribution in [2.45, 2.75) is 18.6 Å². The van der Waals surface area contributed by atoms with Crippen LogP contribution in [-0.4, -0.2) is 45.2 Å². The lowest BCUT2D eigenvalue weighted by atomic mass is 10.3. The molecule has 1 aliphatic rings. The van der Waals surface area contributed by atoms with Gasteiger partial charge in [0.2, 0.25) is 5.91 Å². The largest absolute Gasteiger partial charge is 0.329 e. The molecule has 0 aliphatic carbocycles. The number of carbonyl (C=O) groups excluding carboxylic acids is 2. The number of nitrogens with zero attached hydrogens (tertiary/aromatic N) is 3. The second-order valence-corrected chi connectivity index (χ2v) is 5.74. The Labute approximate surface area is 126 Å². The quantitative estimate of drug-likeness (QED) is 0.674. The molecule has 3 amide bonds. The van der Waals surface area contributed by atoms with Gasteiger partial charge in [-0.25, -0.2) is 9.78 Å². The third-order valence-electron chi connectivity index (χ3n) is 3.42. The van der Waals surface area contributed by atoms with E-state index in [1.54, 1.807) is 11.8 Å². The summed E-state index contributed by atoms with van der Waals surface area (Å²) in [5.74, 6) is 0.479. The summed E-state index contributed by atoms with van der Waals surface area (Å²) < 4.78 is 2.14. The molecule has 3 rings (SSSR count). The number of aromatic nitrogens is 2. The van der Waals surface area contributed by atoms with E-state index in [4.69, 9.17) is 0 Å². The van der Waals surface area contributed by atoms with Gasteiger partial charge in [-0.3, -0.25) is 9.69 Å². The number of imide groups is 1. The van der Waals surface area contributed by atoms with E-state index in [1.165, 1.54) is 4.90 Å². The Hall–Kier alpha value is -2.02. The molecule has 1 fully saturated rings. The van der Waals surface area contributed by atoms with Crippen LogP contribution in [0.25, 0.3) is 11.0 Å². The van der Waals surface area contributed by atoms with Crippen molar-refractivity contribution in [3.63, 3.8) is 0 Å². The summed E-state index contributed by atoms with van der Waals surface area (Å²) in [6.45, 7) is 3.43. The van der Waals surface area contributed by atoms with Crippen molar-refractivity contribution >= 4 is 34.7 Å². The highest BCUT2D eigenvalue weighted by molar-refractivity contribution is 7.99. The minimum absolute atomic E-state index is 0.108. The normalized spacial score (nSPS) is 15.0. The van der Waals surface area contributed by atoms with Crippen LogP contribution in [0, 0.1) is 0 Å². The molecule has 1 aromatic carbocycles. The topological polar surface area (TPSA) is 67.2 Å². The van der Waals surface area contributed by atoms with Crippen molar-refractivity contribution in [3.05, 3.63) is 24.3 Å². The van der Waals surface area contributed by atoms with Crippen LogP contribution in [0.15, 0.2) is 29.4 Å². The summed E-state index contributed by atoms with van der Waals surface area (Å²) in [6.07, 6.45) is 0. The van der Waals surface area contributed by atoms with Crippen LogP contribution in [0.1, 0.15) is 6.92 Å². The van der Waals surface area contributed by atoms with Gasteiger partial charge in [0.05, 0.1) is 17.6 Å². The van der Waals surface area contributed by atoms with Crippen LogP contribution in [0.5, 0.6) is 0 Å². The number of thioether (sulfide) groups is 1. The van der Waals surface area contributed by atoms with Crippen molar-refractivity contribution in [2.75, 3.05) is 18.8 Å². The summed E-state index contributed by atoms with van der Waals surface area (Å²) in [7, 11) is 0. The van der Waals surface area contributed by atoms with Crippen LogP contribution in [0.2, 0.25) is 0 Å². The number of fused-ring (bicyclic) bond motifs is 1. The van der Waals surface area contributed by atoms with E-state index >= 15 is 0 Å². The lowest BCUT2D eigenvalue weighted by Gasteiger charge is -2.11. The molecule has 1 aliphatic heterocycles. The Morgan fingerprint density at radius 3 is 2.86 bits per heavy atom. The van der Waals surface area contributed by atoms with Gasteiger partial charge in [-0.1, -0.05) is 23.9 Å². The van der Waals surface area contributed by atoms with Crippen molar-refractivity contribution < 1.29 is 9.59 Å². The number of amides is 3. The van der Waals surface area contributed by atoms with Crippen LogP contribution in [-0.2, 0) is 11.3 Å². The number of urea groups is 1. The molecule has 2 aromatic rings. The Morgan fingerprint density at radius 1 is 1.33 bits per heavy atom. The fraction of sp³-hybridized carbons (Fsp3) is 0.357. The number of hydrogen-bond acceptors (Lipinski definition) is 4. The molecule has 0 bridgehead atoms. The zero-order chi connectivity index (χ0) is 14.8. The average Bonchev–Trinajstić information content (AvgIpc) is 3.00. The number of benzene rings is 1. The molecule has 0 unspecified atom stereocenters. The number of para-hydroxylation sites is 2. The maximum Gasteiger partial charge on any atom is 0.324 e. The second-order valence-electron chi connectivity index (χ2n) is 4.68. The fourth-order valence-electron chi connectivity index (χ4n) is 2.38. The molecule has 1 N–H and O–H groups in total. The number of carbonyl (C=O) groups is 2. The van der Waals surface area contributed by atoms with Gasteiger partial charge in [0, 0.05) is 18.8 Å².